The predicted molar refractivity (Wildman–Crippen MR) is 135 cm³/mol. The van der Waals surface area contributed by atoms with Crippen LogP contribution >= 0.6 is 0 Å². The number of allylic oxidation sites excluding steroid dienone is 1. The molecule has 1 aromatic rings. The van der Waals surface area contributed by atoms with Gasteiger partial charge in [-0.05, 0) is 50.5 Å². The van der Waals surface area contributed by atoms with Crippen molar-refractivity contribution in [3.63, 3.8) is 0 Å². The fourth-order valence-electron chi connectivity index (χ4n) is 4.54. The van der Waals surface area contributed by atoms with E-state index in [0.29, 0.717) is 29.9 Å². The summed E-state index contributed by atoms with van der Waals surface area (Å²) >= 11 is 0. The summed E-state index contributed by atoms with van der Waals surface area (Å²) in [6.45, 7) is 18.7. The number of rotatable bonds is 10. The summed E-state index contributed by atoms with van der Waals surface area (Å²) in [5.41, 5.74) is -0.791. The molecular weight excluding hydrogens is 428 g/mol. The minimum atomic E-state index is -1.10. The van der Waals surface area contributed by atoms with E-state index in [0.717, 1.165) is 12.0 Å². The Kier molecular flexibility index (Phi) is 9.15. The zero-order valence-corrected chi connectivity index (χ0v) is 22.6. The minimum absolute atomic E-state index is 0.0498. The second-order valence-corrected chi connectivity index (χ2v) is 11.8. The van der Waals surface area contributed by atoms with Gasteiger partial charge in [0.2, 0.25) is 0 Å². The average Bonchev–Trinajstić information content (AvgIpc) is 2.91. The standard InChI is InChI=1S/C29H44O5/c1-20(2)23(21(3)4)15-16-24-25(30)34-29(28(24,8)9,19-33-26(31)27(5,6)7)18-32-17-22-13-11-10-12-14-22/h10-14,16,20-21,23H,15,17-19H2,1-9H3/b24-16-. The SMILES string of the molecule is CC(C)C(C/C=C1/C(=O)OC(COCc2ccccc2)(COC(=O)C(C)(C)C)C1(C)C)C(C)C. The van der Waals surface area contributed by atoms with Crippen molar-refractivity contribution >= 4 is 11.9 Å². The molecule has 1 aliphatic heterocycles. The third-order valence-corrected chi connectivity index (χ3v) is 7.12. The Bertz CT molecular complexity index is 852. The molecule has 1 aliphatic rings. The van der Waals surface area contributed by atoms with Crippen LogP contribution in [0.1, 0.15) is 74.3 Å². The lowest BCUT2D eigenvalue weighted by molar-refractivity contribution is -0.183. The van der Waals surface area contributed by atoms with Crippen LogP contribution in [0.4, 0.5) is 0 Å². The van der Waals surface area contributed by atoms with Crippen molar-refractivity contribution in [1.29, 1.82) is 0 Å². The molecule has 1 heterocycles. The number of carbonyl (C=O) groups excluding carboxylic acids is 2. The lowest BCUT2D eigenvalue weighted by atomic mass is 9.71. The van der Waals surface area contributed by atoms with Crippen molar-refractivity contribution in [3.8, 4) is 0 Å². The molecule has 0 bridgehead atoms. The van der Waals surface area contributed by atoms with Crippen LogP contribution < -0.4 is 0 Å². The van der Waals surface area contributed by atoms with Crippen molar-refractivity contribution in [2.75, 3.05) is 13.2 Å². The van der Waals surface area contributed by atoms with E-state index in [-0.39, 0.29) is 25.2 Å². The third kappa shape index (κ3) is 6.50. The number of hydrogen-bond donors (Lipinski definition) is 0. The molecule has 1 fully saturated rings. The molecule has 0 aromatic heterocycles. The van der Waals surface area contributed by atoms with Gasteiger partial charge in [-0.2, -0.15) is 0 Å². The van der Waals surface area contributed by atoms with Gasteiger partial charge in [0.25, 0.3) is 0 Å². The quantitative estimate of drug-likeness (QED) is 0.293. The highest BCUT2D eigenvalue weighted by Gasteiger charge is 2.59. The molecule has 5 heteroatoms. The maximum absolute atomic E-state index is 13.1. The van der Waals surface area contributed by atoms with Crippen molar-refractivity contribution in [1.82, 2.24) is 0 Å². The van der Waals surface area contributed by atoms with Crippen molar-refractivity contribution in [2.24, 2.45) is 28.6 Å². The number of carbonyl (C=O) groups is 2. The van der Waals surface area contributed by atoms with Crippen molar-refractivity contribution in [2.45, 2.75) is 80.9 Å². The van der Waals surface area contributed by atoms with Gasteiger partial charge in [-0.3, -0.25) is 4.79 Å². The van der Waals surface area contributed by atoms with E-state index >= 15 is 0 Å². The smallest absolute Gasteiger partial charge is 0.335 e. The lowest BCUT2D eigenvalue weighted by Crippen LogP contribution is -2.51. The molecule has 1 aromatic carbocycles. The van der Waals surface area contributed by atoms with E-state index in [1.807, 2.05) is 71.0 Å². The van der Waals surface area contributed by atoms with Gasteiger partial charge in [0.05, 0.1) is 18.6 Å². The third-order valence-electron chi connectivity index (χ3n) is 7.12. The molecular formula is C29H44O5. The largest absolute Gasteiger partial charge is 0.461 e. The van der Waals surface area contributed by atoms with Crippen LogP contribution in [-0.2, 0) is 30.4 Å². The van der Waals surface area contributed by atoms with Crippen LogP contribution in [0.25, 0.3) is 0 Å². The number of cyclic esters (lactones) is 1. The second-order valence-electron chi connectivity index (χ2n) is 11.8. The molecule has 0 N–H and O–H groups in total. The fraction of sp³-hybridized carbons (Fsp3) is 0.655. The summed E-state index contributed by atoms with van der Waals surface area (Å²) in [5.74, 6) is 0.776. The highest BCUT2D eigenvalue weighted by atomic mass is 16.6. The first-order chi connectivity index (χ1) is 15.7. The molecule has 1 unspecified atom stereocenters. The maximum Gasteiger partial charge on any atom is 0.335 e. The Morgan fingerprint density at radius 3 is 2.15 bits per heavy atom. The Morgan fingerprint density at radius 1 is 1.03 bits per heavy atom. The molecule has 5 nitrogen and oxygen atoms in total. The normalized spacial score (nSPS) is 21.5. The predicted octanol–water partition coefficient (Wildman–Crippen LogP) is 6.36. The summed E-state index contributed by atoms with van der Waals surface area (Å²) in [4.78, 5) is 25.7. The van der Waals surface area contributed by atoms with Crippen LogP contribution in [0.5, 0.6) is 0 Å². The van der Waals surface area contributed by atoms with Gasteiger partial charge in [-0.15, -0.1) is 0 Å². The van der Waals surface area contributed by atoms with Gasteiger partial charge >= 0.3 is 11.9 Å². The van der Waals surface area contributed by atoms with E-state index < -0.39 is 16.4 Å². The number of esters is 2. The lowest BCUT2D eigenvalue weighted by Gasteiger charge is -2.38. The molecule has 0 spiro atoms. The van der Waals surface area contributed by atoms with Crippen molar-refractivity contribution in [3.05, 3.63) is 47.5 Å². The van der Waals surface area contributed by atoms with Crippen LogP contribution in [0, 0.1) is 28.6 Å². The van der Waals surface area contributed by atoms with E-state index in [2.05, 4.69) is 27.7 Å². The zero-order chi connectivity index (χ0) is 25.7. The van der Waals surface area contributed by atoms with Gasteiger partial charge in [0.1, 0.15) is 6.61 Å². The summed E-state index contributed by atoms with van der Waals surface area (Å²) in [6, 6.07) is 9.85. The average molecular weight is 473 g/mol. The van der Waals surface area contributed by atoms with E-state index in [4.69, 9.17) is 14.2 Å². The van der Waals surface area contributed by atoms with Gasteiger partial charge in [0.15, 0.2) is 5.60 Å². The first-order valence-corrected chi connectivity index (χ1v) is 12.4. The summed E-state index contributed by atoms with van der Waals surface area (Å²) in [5, 5.41) is 0. The molecule has 1 atom stereocenters. The van der Waals surface area contributed by atoms with Crippen LogP contribution in [-0.4, -0.2) is 30.8 Å². The number of hydrogen-bond acceptors (Lipinski definition) is 5. The van der Waals surface area contributed by atoms with Crippen molar-refractivity contribution < 1.29 is 23.8 Å². The molecule has 2 rings (SSSR count). The maximum atomic E-state index is 13.1. The monoisotopic (exact) mass is 472 g/mol. The number of benzene rings is 1. The van der Waals surface area contributed by atoms with Crippen LogP contribution in [0.3, 0.4) is 0 Å². The Balaban J connectivity index is 2.32. The molecule has 34 heavy (non-hydrogen) atoms. The Hall–Kier alpha value is -2.14. The van der Waals surface area contributed by atoms with Crippen LogP contribution in [0.15, 0.2) is 42.0 Å². The summed E-state index contributed by atoms with van der Waals surface area (Å²) < 4.78 is 17.8. The van der Waals surface area contributed by atoms with E-state index in [1.165, 1.54) is 0 Å². The first kappa shape index (κ1) is 28.1. The van der Waals surface area contributed by atoms with Crippen LogP contribution in [0.2, 0.25) is 0 Å². The molecule has 190 valence electrons. The molecule has 0 amide bonds. The molecule has 1 saturated heterocycles. The molecule has 0 saturated carbocycles. The van der Waals surface area contributed by atoms with Gasteiger partial charge in [-0.1, -0.05) is 78.0 Å². The first-order valence-electron chi connectivity index (χ1n) is 12.4. The van der Waals surface area contributed by atoms with Gasteiger partial charge in [-0.25, -0.2) is 4.79 Å². The van der Waals surface area contributed by atoms with Gasteiger partial charge < -0.3 is 14.2 Å². The van der Waals surface area contributed by atoms with E-state index in [1.54, 1.807) is 0 Å². The van der Waals surface area contributed by atoms with E-state index in [9.17, 15) is 9.59 Å². The molecule has 0 radical (unpaired) electrons. The topological polar surface area (TPSA) is 61.8 Å². The van der Waals surface area contributed by atoms with Gasteiger partial charge in [0, 0.05) is 11.0 Å². The highest BCUT2D eigenvalue weighted by molar-refractivity contribution is 5.93. The second kappa shape index (κ2) is 11.1. The molecule has 0 aliphatic carbocycles. The number of ether oxygens (including phenoxy) is 3. The minimum Gasteiger partial charge on any atom is -0.461 e. The fourth-order valence-corrected chi connectivity index (χ4v) is 4.54. The summed E-state index contributed by atoms with van der Waals surface area (Å²) in [6.07, 6.45) is 2.84. The highest BCUT2D eigenvalue weighted by Crippen LogP contribution is 2.49. The Labute approximate surface area is 206 Å². The zero-order valence-electron chi connectivity index (χ0n) is 22.6. The summed E-state index contributed by atoms with van der Waals surface area (Å²) in [7, 11) is 0. The Morgan fingerprint density at radius 2 is 1.62 bits per heavy atom.